The average molecular weight is 251 g/mol. The van der Waals surface area contributed by atoms with Gasteiger partial charge in [0.05, 0.1) is 0 Å². The molecule has 1 unspecified atom stereocenters. The van der Waals surface area contributed by atoms with Gasteiger partial charge < -0.3 is 15.2 Å². The number of aryl methyl sites for hydroxylation is 1. The summed E-state index contributed by atoms with van der Waals surface area (Å²) < 4.78 is 10.8. The van der Waals surface area contributed by atoms with Gasteiger partial charge >= 0.3 is 5.97 Å². The third-order valence-corrected chi connectivity index (χ3v) is 2.25. The Kier molecular flexibility index (Phi) is 4.22. The van der Waals surface area contributed by atoms with Crippen LogP contribution >= 0.6 is 0 Å². The summed E-state index contributed by atoms with van der Waals surface area (Å²) in [6.45, 7) is 9.03. The Labute approximate surface area is 108 Å². The van der Waals surface area contributed by atoms with E-state index >= 15 is 0 Å². The fourth-order valence-corrected chi connectivity index (χ4v) is 1.37. The summed E-state index contributed by atoms with van der Waals surface area (Å²) in [5, 5.41) is 0. The normalized spacial score (nSPS) is 12.9. The number of nitrogen functional groups attached to an aromatic ring is 1. The molecule has 0 aliphatic carbocycles. The second-order valence-corrected chi connectivity index (χ2v) is 5.32. The van der Waals surface area contributed by atoms with Crippen LogP contribution in [0.3, 0.4) is 0 Å². The van der Waals surface area contributed by atoms with Crippen LogP contribution in [-0.2, 0) is 9.53 Å². The van der Waals surface area contributed by atoms with Gasteiger partial charge in [-0.1, -0.05) is 6.07 Å². The van der Waals surface area contributed by atoms with Gasteiger partial charge in [0.25, 0.3) is 0 Å². The van der Waals surface area contributed by atoms with E-state index in [1.807, 2.05) is 33.8 Å². The van der Waals surface area contributed by atoms with Crippen molar-refractivity contribution in [1.29, 1.82) is 0 Å². The SMILES string of the molecule is Cc1ccc(N)cc1OC(C)C(=O)OC(C)(C)C. The first-order valence-corrected chi connectivity index (χ1v) is 5.94. The van der Waals surface area contributed by atoms with Gasteiger partial charge in [-0.15, -0.1) is 0 Å². The maximum Gasteiger partial charge on any atom is 0.347 e. The molecular weight excluding hydrogens is 230 g/mol. The number of hydrogen-bond donors (Lipinski definition) is 1. The van der Waals surface area contributed by atoms with Crippen molar-refractivity contribution in [3.63, 3.8) is 0 Å². The summed E-state index contributed by atoms with van der Waals surface area (Å²) in [6, 6.07) is 5.35. The van der Waals surface area contributed by atoms with Crippen molar-refractivity contribution < 1.29 is 14.3 Å². The van der Waals surface area contributed by atoms with Gasteiger partial charge in [-0.2, -0.15) is 0 Å². The molecule has 0 aromatic heterocycles. The molecule has 4 nitrogen and oxygen atoms in total. The molecule has 18 heavy (non-hydrogen) atoms. The topological polar surface area (TPSA) is 61.5 Å². The van der Waals surface area contributed by atoms with Crippen LogP contribution in [0.25, 0.3) is 0 Å². The predicted molar refractivity (Wildman–Crippen MR) is 71.5 cm³/mol. The van der Waals surface area contributed by atoms with E-state index in [9.17, 15) is 4.79 Å². The number of carbonyl (C=O) groups excluding carboxylic acids is 1. The minimum Gasteiger partial charge on any atom is -0.479 e. The van der Waals surface area contributed by atoms with Crippen LogP contribution in [0.4, 0.5) is 5.69 Å². The summed E-state index contributed by atoms with van der Waals surface area (Å²) in [5.41, 5.74) is 6.70. The van der Waals surface area contributed by atoms with Gasteiger partial charge in [0, 0.05) is 11.8 Å². The highest BCUT2D eigenvalue weighted by molar-refractivity contribution is 5.75. The fraction of sp³-hybridized carbons (Fsp3) is 0.500. The first kappa shape index (κ1) is 14.4. The lowest BCUT2D eigenvalue weighted by Gasteiger charge is -2.23. The molecule has 0 bridgehead atoms. The standard InChI is InChI=1S/C14H21NO3/c1-9-6-7-11(15)8-12(9)17-10(2)13(16)18-14(3,4)5/h6-8,10H,15H2,1-5H3. The highest BCUT2D eigenvalue weighted by Gasteiger charge is 2.23. The van der Waals surface area contributed by atoms with Gasteiger partial charge in [-0.3, -0.25) is 0 Å². The predicted octanol–water partition coefficient (Wildman–Crippen LogP) is 2.69. The Balaban J connectivity index is 2.72. The molecular formula is C14H21NO3. The van der Waals surface area contributed by atoms with E-state index in [2.05, 4.69) is 0 Å². The highest BCUT2D eigenvalue weighted by Crippen LogP contribution is 2.22. The quantitative estimate of drug-likeness (QED) is 0.662. The molecule has 0 spiro atoms. The summed E-state index contributed by atoms with van der Waals surface area (Å²) in [6.07, 6.45) is -0.662. The monoisotopic (exact) mass is 251 g/mol. The van der Waals surface area contributed by atoms with Gasteiger partial charge in [0.1, 0.15) is 11.4 Å². The second-order valence-electron chi connectivity index (χ2n) is 5.32. The van der Waals surface area contributed by atoms with Crippen molar-refractivity contribution in [2.45, 2.75) is 46.3 Å². The van der Waals surface area contributed by atoms with E-state index in [0.29, 0.717) is 11.4 Å². The molecule has 100 valence electrons. The van der Waals surface area contributed by atoms with E-state index in [1.54, 1.807) is 19.1 Å². The number of hydrogen-bond acceptors (Lipinski definition) is 4. The molecule has 0 amide bonds. The number of ether oxygens (including phenoxy) is 2. The number of esters is 1. The van der Waals surface area contributed by atoms with Crippen molar-refractivity contribution >= 4 is 11.7 Å². The molecule has 1 aromatic rings. The average Bonchev–Trinajstić information content (AvgIpc) is 2.21. The Hall–Kier alpha value is -1.71. The molecule has 4 heteroatoms. The molecule has 0 saturated carbocycles. The molecule has 1 atom stereocenters. The summed E-state index contributed by atoms with van der Waals surface area (Å²) >= 11 is 0. The molecule has 2 N–H and O–H groups in total. The van der Waals surface area contributed by atoms with E-state index in [-0.39, 0.29) is 5.97 Å². The van der Waals surface area contributed by atoms with E-state index in [0.717, 1.165) is 5.56 Å². The fourth-order valence-electron chi connectivity index (χ4n) is 1.37. The number of carbonyl (C=O) groups is 1. The van der Waals surface area contributed by atoms with Crippen molar-refractivity contribution in [1.82, 2.24) is 0 Å². The van der Waals surface area contributed by atoms with Gasteiger partial charge in [0.2, 0.25) is 0 Å². The lowest BCUT2D eigenvalue weighted by Crippen LogP contribution is -2.33. The lowest BCUT2D eigenvalue weighted by atomic mass is 10.2. The molecule has 0 radical (unpaired) electrons. The molecule has 0 fully saturated rings. The summed E-state index contributed by atoms with van der Waals surface area (Å²) in [5.74, 6) is 0.220. The molecule has 1 aromatic carbocycles. The van der Waals surface area contributed by atoms with Crippen LogP contribution in [0.5, 0.6) is 5.75 Å². The van der Waals surface area contributed by atoms with Crippen LogP contribution in [0.1, 0.15) is 33.3 Å². The third kappa shape index (κ3) is 4.28. The number of anilines is 1. The first-order valence-electron chi connectivity index (χ1n) is 5.94. The van der Waals surface area contributed by atoms with Crippen LogP contribution in [-0.4, -0.2) is 17.7 Å². The zero-order valence-corrected chi connectivity index (χ0v) is 11.6. The zero-order chi connectivity index (χ0) is 13.9. The Morgan fingerprint density at radius 1 is 1.33 bits per heavy atom. The van der Waals surface area contributed by atoms with E-state index < -0.39 is 11.7 Å². The van der Waals surface area contributed by atoms with E-state index in [1.165, 1.54) is 0 Å². The van der Waals surface area contributed by atoms with Crippen LogP contribution in [0, 0.1) is 6.92 Å². The van der Waals surface area contributed by atoms with E-state index in [4.69, 9.17) is 15.2 Å². The number of benzene rings is 1. The van der Waals surface area contributed by atoms with Crippen molar-refractivity contribution in [3.05, 3.63) is 23.8 Å². The molecule has 1 rings (SSSR count). The van der Waals surface area contributed by atoms with Crippen molar-refractivity contribution in [2.75, 3.05) is 5.73 Å². The van der Waals surface area contributed by atoms with Crippen LogP contribution in [0.2, 0.25) is 0 Å². The minimum absolute atomic E-state index is 0.385. The van der Waals surface area contributed by atoms with Gasteiger partial charge in [-0.25, -0.2) is 4.79 Å². The van der Waals surface area contributed by atoms with Gasteiger partial charge in [-0.05, 0) is 46.2 Å². The summed E-state index contributed by atoms with van der Waals surface area (Å²) in [7, 11) is 0. The largest absolute Gasteiger partial charge is 0.479 e. The maximum absolute atomic E-state index is 11.8. The molecule has 0 aliphatic heterocycles. The highest BCUT2D eigenvalue weighted by atomic mass is 16.6. The van der Waals surface area contributed by atoms with Crippen molar-refractivity contribution in [2.24, 2.45) is 0 Å². The Morgan fingerprint density at radius 2 is 1.94 bits per heavy atom. The van der Waals surface area contributed by atoms with Gasteiger partial charge in [0.15, 0.2) is 6.10 Å². The smallest absolute Gasteiger partial charge is 0.347 e. The Bertz CT molecular complexity index is 435. The molecule has 0 saturated heterocycles. The first-order chi connectivity index (χ1) is 8.19. The zero-order valence-electron chi connectivity index (χ0n) is 11.6. The van der Waals surface area contributed by atoms with Crippen LogP contribution in [0.15, 0.2) is 18.2 Å². The third-order valence-electron chi connectivity index (χ3n) is 2.25. The Morgan fingerprint density at radius 3 is 2.50 bits per heavy atom. The maximum atomic E-state index is 11.8. The lowest BCUT2D eigenvalue weighted by molar-refractivity contribution is -0.162. The summed E-state index contributed by atoms with van der Waals surface area (Å²) in [4.78, 5) is 11.8. The van der Waals surface area contributed by atoms with Crippen molar-refractivity contribution in [3.8, 4) is 5.75 Å². The molecule has 0 heterocycles. The minimum atomic E-state index is -0.662. The van der Waals surface area contributed by atoms with Crippen LogP contribution < -0.4 is 10.5 Å². The molecule has 0 aliphatic rings. The number of nitrogens with two attached hydrogens (primary N) is 1. The number of rotatable bonds is 3. The second kappa shape index (κ2) is 5.29.